The fraction of sp³-hybridized carbons (Fsp3) is 0.455. The van der Waals surface area contributed by atoms with E-state index in [9.17, 15) is 0 Å². The first-order chi connectivity index (χ1) is 6.27. The summed E-state index contributed by atoms with van der Waals surface area (Å²) in [6.45, 7) is 3.46. The highest BCUT2D eigenvalue weighted by atomic mass is 35.5. The van der Waals surface area contributed by atoms with Gasteiger partial charge in [-0.2, -0.15) is 0 Å². The second-order valence-corrected chi connectivity index (χ2v) is 4.10. The Morgan fingerprint density at radius 1 is 1.31 bits per heavy atom. The minimum absolute atomic E-state index is 0.682. The number of anilines is 1. The van der Waals surface area contributed by atoms with Crippen molar-refractivity contribution in [1.29, 1.82) is 0 Å². The molecule has 1 saturated heterocycles. The molecular weight excluding hydrogens is 182 g/mol. The van der Waals surface area contributed by atoms with Crippen molar-refractivity contribution >= 4 is 17.3 Å². The molecule has 0 N–H and O–H groups in total. The van der Waals surface area contributed by atoms with Crippen LogP contribution in [0.2, 0.25) is 5.02 Å². The number of halogens is 1. The SMILES string of the molecule is CC1CCCN1c1ccc(Cl)cc1. The highest BCUT2D eigenvalue weighted by Crippen LogP contribution is 2.26. The van der Waals surface area contributed by atoms with Gasteiger partial charge in [0.25, 0.3) is 0 Å². The summed E-state index contributed by atoms with van der Waals surface area (Å²) < 4.78 is 0. The van der Waals surface area contributed by atoms with E-state index in [1.165, 1.54) is 25.1 Å². The largest absolute Gasteiger partial charge is 0.369 e. The van der Waals surface area contributed by atoms with Crippen LogP contribution >= 0.6 is 11.6 Å². The molecule has 0 radical (unpaired) electrons. The molecule has 1 nitrogen and oxygen atoms in total. The van der Waals surface area contributed by atoms with Crippen LogP contribution in [0, 0.1) is 0 Å². The van der Waals surface area contributed by atoms with Crippen LogP contribution in [0.25, 0.3) is 0 Å². The summed E-state index contributed by atoms with van der Waals surface area (Å²) in [5.74, 6) is 0. The van der Waals surface area contributed by atoms with Gasteiger partial charge in [-0.1, -0.05) is 11.6 Å². The van der Waals surface area contributed by atoms with E-state index in [1.807, 2.05) is 12.1 Å². The predicted molar refractivity (Wildman–Crippen MR) is 57.5 cm³/mol. The van der Waals surface area contributed by atoms with Crippen LogP contribution in [0.3, 0.4) is 0 Å². The fourth-order valence-corrected chi connectivity index (χ4v) is 2.08. The van der Waals surface area contributed by atoms with Gasteiger partial charge in [0.05, 0.1) is 0 Å². The first-order valence-electron chi connectivity index (χ1n) is 4.79. The topological polar surface area (TPSA) is 3.24 Å². The molecule has 2 heteroatoms. The van der Waals surface area contributed by atoms with Gasteiger partial charge >= 0.3 is 0 Å². The number of nitrogens with zero attached hydrogens (tertiary/aromatic N) is 1. The lowest BCUT2D eigenvalue weighted by Crippen LogP contribution is -2.25. The van der Waals surface area contributed by atoms with E-state index in [0.717, 1.165) is 5.02 Å². The lowest BCUT2D eigenvalue weighted by atomic mass is 10.2. The molecule has 70 valence electrons. The monoisotopic (exact) mass is 195 g/mol. The molecule has 0 spiro atoms. The highest BCUT2D eigenvalue weighted by Gasteiger charge is 2.19. The summed E-state index contributed by atoms with van der Waals surface area (Å²) in [5.41, 5.74) is 1.30. The molecule has 2 rings (SSSR count). The standard InChI is InChI=1S/C11H14ClN/c1-9-3-2-8-13(9)11-6-4-10(12)5-7-11/h4-7,9H,2-3,8H2,1H3. The molecule has 13 heavy (non-hydrogen) atoms. The van der Waals surface area contributed by atoms with E-state index in [-0.39, 0.29) is 0 Å². The van der Waals surface area contributed by atoms with Gasteiger partial charge in [0.15, 0.2) is 0 Å². The number of rotatable bonds is 1. The Morgan fingerprint density at radius 2 is 2.00 bits per heavy atom. The van der Waals surface area contributed by atoms with Crippen LogP contribution in [0.15, 0.2) is 24.3 Å². The Bertz CT molecular complexity index is 281. The maximum atomic E-state index is 5.84. The summed E-state index contributed by atoms with van der Waals surface area (Å²) in [7, 11) is 0. The van der Waals surface area contributed by atoms with Crippen molar-refractivity contribution in [2.45, 2.75) is 25.8 Å². The molecule has 0 amide bonds. The zero-order valence-corrected chi connectivity index (χ0v) is 8.59. The summed E-state index contributed by atoms with van der Waals surface area (Å²) >= 11 is 5.84. The van der Waals surface area contributed by atoms with E-state index in [1.54, 1.807) is 0 Å². The van der Waals surface area contributed by atoms with Crippen LogP contribution in [0.4, 0.5) is 5.69 Å². The van der Waals surface area contributed by atoms with E-state index in [2.05, 4.69) is 24.0 Å². The van der Waals surface area contributed by atoms with Crippen molar-refractivity contribution in [3.63, 3.8) is 0 Å². The lowest BCUT2D eigenvalue weighted by Gasteiger charge is -2.23. The van der Waals surface area contributed by atoms with Gasteiger partial charge in [0.1, 0.15) is 0 Å². The molecule has 1 unspecified atom stereocenters. The van der Waals surface area contributed by atoms with Crippen LogP contribution in [0.5, 0.6) is 0 Å². The molecule has 0 bridgehead atoms. The van der Waals surface area contributed by atoms with Crippen molar-refractivity contribution in [2.24, 2.45) is 0 Å². The van der Waals surface area contributed by atoms with Gasteiger partial charge in [-0.25, -0.2) is 0 Å². The first-order valence-corrected chi connectivity index (χ1v) is 5.17. The first kappa shape index (κ1) is 8.89. The second-order valence-electron chi connectivity index (χ2n) is 3.66. The summed E-state index contributed by atoms with van der Waals surface area (Å²) in [5, 5.41) is 0.815. The van der Waals surface area contributed by atoms with Gasteiger partial charge in [0, 0.05) is 23.3 Å². The van der Waals surface area contributed by atoms with Gasteiger partial charge < -0.3 is 4.90 Å². The van der Waals surface area contributed by atoms with E-state index < -0.39 is 0 Å². The van der Waals surface area contributed by atoms with Crippen molar-refractivity contribution in [1.82, 2.24) is 0 Å². The summed E-state index contributed by atoms with van der Waals surface area (Å²) in [6, 6.07) is 8.80. The Labute approximate surface area is 84.3 Å². The molecule has 1 aliphatic heterocycles. The molecule has 0 aromatic heterocycles. The average Bonchev–Trinajstić information content (AvgIpc) is 2.53. The predicted octanol–water partition coefficient (Wildman–Crippen LogP) is 3.33. The Balaban J connectivity index is 2.20. The summed E-state index contributed by atoms with van der Waals surface area (Å²) in [4.78, 5) is 2.44. The molecule has 0 aliphatic carbocycles. The van der Waals surface area contributed by atoms with Crippen LogP contribution < -0.4 is 4.90 Å². The van der Waals surface area contributed by atoms with Gasteiger partial charge in [-0.05, 0) is 44.0 Å². The van der Waals surface area contributed by atoms with Gasteiger partial charge in [-0.3, -0.25) is 0 Å². The minimum Gasteiger partial charge on any atom is -0.369 e. The van der Waals surface area contributed by atoms with Crippen molar-refractivity contribution < 1.29 is 0 Å². The third kappa shape index (κ3) is 1.80. The van der Waals surface area contributed by atoms with Crippen LogP contribution in [-0.2, 0) is 0 Å². The number of hydrogen-bond donors (Lipinski definition) is 0. The van der Waals surface area contributed by atoms with Crippen molar-refractivity contribution in [3.05, 3.63) is 29.3 Å². The second kappa shape index (κ2) is 3.59. The number of hydrogen-bond acceptors (Lipinski definition) is 1. The van der Waals surface area contributed by atoms with E-state index in [0.29, 0.717) is 6.04 Å². The average molecular weight is 196 g/mol. The quantitative estimate of drug-likeness (QED) is 0.665. The third-order valence-electron chi connectivity index (χ3n) is 2.71. The van der Waals surface area contributed by atoms with Gasteiger partial charge in [-0.15, -0.1) is 0 Å². The molecule has 1 aliphatic rings. The van der Waals surface area contributed by atoms with Crippen molar-refractivity contribution in [3.8, 4) is 0 Å². The molecule has 1 fully saturated rings. The zero-order chi connectivity index (χ0) is 9.26. The third-order valence-corrected chi connectivity index (χ3v) is 2.96. The highest BCUT2D eigenvalue weighted by molar-refractivity contribution is 6.30. The minimum atomic E-state index is 0.682. The van der Waals surface area contributed by atoms with E-state index in [4.69, 9.17) is 11.6 Å². The smallest absolute Gasteiger partial charge is 0.0407 e. The molecular formula is C11H14ClN. The van der Waals surface area contributed by atoms with Crippen LogP contribution in [0.1, 0.15) is 19.8 Å². The normalized spacial score (nSPS) is 22.3. The zero-order valence-electron chi connectivity index (χ0n) is 7.83. The molecule has 1 aromatic rings. The maximum Gasteiger partial charge on any atom is 0.0407 e. The van der Waals surface area contributed by atoms with Gasteiger partial charge in [0.2, 0.25) is 0 Å². The lowest BCUT2D eigenvalue weighted by molar-refractivity contribution is 0.735. The molecule has 1 aromatic carbocycles. The Kier molecular flexibility index (Phi) is 2.45. The maximum absolute atomic E-state index is 5.84. The summed E-state index contributed by atoms with van der Waals surface area (Å²) in [6.07, 6.45) is 2.62. The molecule has 0 saturated carbocycles. The van der Waals surface area contributed by atoms with Crippen molar-refractivity contribution in [2.75, 3.05) is 11.4 Å². The van der Waals surface area contributed by atoms with Crippen LogP contribution in [-0.4, -0.2) is 12.6 Å². The molecule has 1 heterocycles. The Hall–Kier alpha value is -0.690. The van der Waals surface area contributed by atoms with E-state index >= 15 is 0 Å². The Morgan fingerprint density at radius 3 is 2.54 bits per heavy atom. The fourth-order valence-electron chi connectivity index (χ4n) is 1.95. The molecule has 1 atom stereocenters. The number of benzene rings is 1.